The number of halogens is 1. The van der Waals surface area contributed by atoms with Crippen molar-refractivity contribution in [1.82, 2.24) is 0 Å². The summed E-state index contributed by atoms with van der Waals surface area (Å²) in [4.78, 5) is 0. The molecule has 2 nitrogen and oxygen atoms in total. The summed E-state index contributed by atoms with van der Waals surface area (Å²) in [6.07, 6.45) is 4.89. The molecule has 1 aliphatic carbocycles. The lowest BCUT2D eigenvalue weighted by Crippen LogP contribution is -2.20. The van der Waals surface area contributed by atoms with Crippen LogP contribution in [-0.2, 0) is 6.42 Å². The summed E-state index contributed by atoms with van der Waals surface area (Å²) in [7, 11) is 0. The Morgan fingerprint density at radius 3 is 2.82 bits per heavy atom. The largest absolute Gasteiger partial charge is 0.493 e. The molecule has 0 radical (unpaired) electrons. The van der Waals surface area contributed by atoms with Crippen LogP contribution < -0.4 is 10.5 Å². The molecule has 94 valence electrons. The van der Waals surface area contributed by atoms with Crippen LogP contribution in [0.1, 0.15) is 31.7 Å². The first-order valence-electron chi connectivity index (χ1n) is 6.32. The van der Waals surface area contributed by atoms with Crippen molar-refractivity contribution < 1.29 is 4.74 Å². The maximum atomic E-state index is 5.83. The Bertz CT molecular complexity index is 374. The first-order valence-corrected chi connectivity index (χ1v) is 7.11. The number of ether oxygens (including phenoxy) is 1. The summed E-state index contributed by atoms with van der Waals surface area (Å²) in [5.74, 6) is 1.74. The highest BCUT2D eigenvalue weighted by molar-refractivity contribution is 9.10. The standard InChI is InChI=1S/C14H20BrNO/c1-10(16)7-12-8-13(5-6-14(12)15)17-9-11-3-2-4-11/h5-6,8,10-11H,2-4,7,9,16H2,1H3. The van der Waals surface area contributed by atoms with Crippen molar-refractivity contribution in [2.45, 2.75) is 38.6 Å². The van der Waals surface area contributed by atoms with Gasteiger partial charge < -0.3 is 10.5 Å². The van der Waals surface area contributed by atoms with Gasteiger partial charge >= 0.3 is 0 Å². The molecule has 17 heavy (non-hydrogen) atoms. The molecule has 1 aromatic carbocycles. The van der Waals surface area contributed by atoms with E-state index < -0.39 is 0 Å². The summed E-state index contributed by atoms with van der Waals surface area (Å²) < 4.78 is 6.94. The van der Waals surface area contributed by atoms with E-state index in [1.807, 2.05) is 19.1 Å². The second-order valence-corrected chi connectivity index (χ2v) is 5.90. The molecule has 0 amide bonds. The maximum Gasteiger partial charge on any atom is 0.119 e. The van der Waals surface area contributed by atoms with E-state index in [1.54, 1.807) is 0 Å². The van der Waals surface area contributed by atoms with Gasteiger partial charge in [0.2, 0.25) is 0 Å². The second kappa shape index (κ2) is 5.87. The van der Waals surface area contributed by atoms with Crippen molar-refractivity contribution in [3.63, 3.8) is 0 Å². The topological polar surface area (TPSA) is 35.2 Å². The van der Waals surface area contributed by atoms with Gasteiger partial charge in [-0.05, 0) is 55.9 Å². The summed E-state index contributed by atoms with van der Waals surface area (Å²) >= 11 is 3.55. The second-order valence-electron chi connectivity index (χ2n) is 5.04. The van der Waals surface area contributed by atoms with Gasteiger partial charge in [-0.15, -0.1) is 0 Å². The summed E-state index contributed by atoms with van der Waals surface area (Å²) in [6, 6.07) is 6.35. The number of hydrogen-bond donors (Lipinski definition) is 1. The van der Waals surface area contributed by atoms with Crippen LogP contribution in [0.2, 0.25) is 0 Å². The van der Waals surface area contributed by atoms with E-state index in [9.17, 15) is 0 Å². The summed E-state index contributed by atoms with van der Waals surface area (Å²) in [6.45, 7) is 2.88. The SMILES string of the molecule is CC(N)Cc1cc(OCC2CCC2)ccc1Br. The number of benzene rings is 1. The molecule has 3 heteroatoms. The molecule has 2 N–H and O–H groups in total. The minimum Gasteiger partial charge on any atom is -0.493 e. The zero-order valence-electron chi connectivity index (χ0n) is 10.3. The zero-order chi connectivity index (χ0) is 12.3. The minimum atomic E-state index is 0.174. The van der Waals surface area contributed by atoms with E-state index in [-0.39, 0.29) is 6.04 Å². The molecular formula is C14H20BrNO. The molecule has 0 aromatic heterocycles. The Morgan fingerprint density at radius 1 is 1.47 bits per heavy atom. The van der Waals surface area contributed by atoms with Gasteiger partial charge in [-0.1, -0.05) is 22.4 Å². The molecule has 0 aliphatic heterocycles. The van der Waals surface area contributed by atoms with Gasteiger partial charge in [0.15, 0.2) is 0 Å². The van der Waals surface area contributed by atoms with E-state index in [2.05, 4.69) is 22.0 Å². The van der Waals surface area contributed by atoms with Gasteiger partial charge in [-0.2, -0.15) is 0 Å². The van der Waals surface area contributed by atoms with Crippen molar-refractivity contribution in [3.05, 3.63) is 28.2 Å². The Labute approximate surface area is 112 Å². The Kier molecular flexibility index (Phi) is 4.46. The first-order chi connectivity index (χ1) is 8.15. The predicted molar refractivity (Wildman–Crippen MR) is 74.3 cm³/mol. The molecule has 0 heterocycles. The van der Waals surface area contributed by atoms with Gasteiger partial charge in [0.1, 0.15) is 5.75 Å². The lowest BCUT2D eigenvalue weighted by Gasteiger charge is -2.25. The molecule has 1 saturated carbocycles. The molecule has 1 aliphatic rings. The Morgan fingerprint density at radius 2 is 2.24 bits per heavy atom. The van der Waals surface area contributed by atoms with Crippen LogP contribution in [0.25, 0.3) is 0 Å². The van der Waals surface area contributed by atoms with Crippen molar-refractivity contribution in [1.29, 1.82) is 0 Å². The third kappa shape index (κ3) is 3.71. The van der Waals surface area contributed by atoms with E-state index in [1.165, 1.54) is 24.8 Å². The van der Waals surface area contributed by atoms with Crippen LogP contribution in [0.3, 0.4) is 0 Å². The minimum absolute atomic E-state index is 0.174. The fourth-order valence-corrected chi connectivity index (χ4v) is 2.43. The summed E-state index contributed by atoms with van der Waals surface area (Å²) in [5, 5.41) is 0. The van der Waals surface area contributed by atoms with Gasteiger partial charge in [0, 0.05) is 10.5 Å². The van der Waals surface area contributed by atoms with E-state index in [0.29, 0.717) is 0 Å². The van der Waals surface area contributed by atoms with Crippen LogP contribution in [0, 0.1) is 5.92 Å². The third-order valence-corrected chi connectivity index (χ3v) is 4.04. The Hall–Kier alpha value is -0.540. The smallest absolute Gasteiger partial charge is 0.119 e. The number of nitrogens with two attached hydrogens (primary N) is 1. The molecule has 2 rings (SSSR count). The van der Waals surface area contributed by atoms with Crippen molar-refractivity contribution in [2.24, 2.45) is 11.7 Å². The quantitative estimate of drug-likeness (QED) is 0.902. The first kappa shape index (κ1) is 12.9. The van der Waals surface area contributed by atoms with Crippen LogP contribution >= 0.6 is 15.9 Å². The highest BCUT2D eigenvalue weighted by atomic mass is 79.9. The van der Waals surface area contributed by atoms with E-state index in [0.717, 1.165) is 29.2 Å². The molecule has 1 aromatic rings. The van der Waals surface area contributed by atoms with E-state index >= 15 is 0 Å². The Balaban J connectivity index is 1.96. The zero-order valence-corrected chi connectivity index (χ0v) is 11.9. The molecular weight excluding hydrogens is 278 g/mol. The lowest BCUT2D eigenvalue weighted by atomic mass is 9.86. The van der Waals surface area contributed by atoms with Crippen LogP contribution in [-0.4, -0.2) is 12.6 Å². The van der Waals surface area contributed by atoms with Gasteiger partial charge in [-0.3, -0.25) is 0 Å². The van der Waals surface area contributed by atoms with Crippen molar-refractivity contribution in [2.75, 3.05) is 6.61 Å². The molecule has 1 atom stereocenters. The fourth-order valence-electron chi connectivity index (χ4n) is 2.02. The summed E-state index contributed by atoms with van der Waals surface area (Å²) in [5.41, 5.74) is 7.06. The monoisotopic (exact) mass is 297 g/mol. The van der Waals surface area contributed by atoms with E-state index in [4.69, 9.17) is 10.5 Å². The van der Waals surface area contributed by atoms with Gasteiger partial charge in [0.05, 0.1) is 6.61 Å². The van der Waals surface area contributed by atoms with Gasteiger partial charge in [-0.25, -0.2) is 0 Å². The molecule has 0 bridgehead atoms. The average molecular weight is 298 g/mol. The van der Waals surface area contributed by atoms with Crippen molar-refractivity contribution in [3.8, 4) is 5.75 Å². The number of hydrogen-bond acceptors (Lipinski definition) is 2. The third-order valence-electron chi connectivity index (χ3n) is 3.27. The molecule has 0 saturated heterocycles. The molecule has 1 unspecified atom stereocenters. The van der Waals surface area contributed by atoms with Crippen LogP contribution in [0.5, 0.6) is 5.75 Å². The molecule has 0 spiro atoms. The maximum absolute atomic E-state index is 5.83. The fraction of sp³-hybridized carbons (Fsp3) is 0.571. The van der Waals surface area contributed by atoms with Crippen LogP contribution in [0.4, 0.5) is 0 Å². The highest BCUT2D eigenvalue weighted by Gasteiger charge is 2.18. The van der Waals surface area contributed by atoms with Crippen LogP contribution in [0.15, 0.2) is 22.7 Å². The molecule has 1 fully saturated rings. The average Bonchev–Trinajstić information content (AvgIpc) is 2.19. The predicted octanol–water partition coefficient (Wildman–Crippen LogP) is 3.52. The normalized spacial score (nSPS) is 17.6. The highest BCUT2D eigenvalue weighted by Crippen LogP contribution is 2.28. The van der Waals surface area contributed by atoms with Gasteiger partial charge in [0.25, 0.3) is 0 Å². The lowest BCUT2D eigenvalue weighted by molar-refractivity contribution is 0.180. The van der Waals surface area contributed by atoms with Crippen molar-refractivity contribution >= 4 is 15.9 Å². The number of rotatable bonds is 5.